The monoisotopic (exact) mass is 248 g/mol. The van der Waals surface area contributed by atoms with Gasteiger partial charge in [0.15, 0.2) is 0 Å². The van der Waals surface area contributed by atoms with Gasteiger partial charge in [0.05, 0.1) is 11.4 Å². The summed E-state index contributed by atoms with van der Waals surface area (Å²) in [5.41, 5.74) is 1.64. The molecule has 0 bridgehead atoms. The second-order valence-electron chi connectivity index (χ2n) is 4.31. The van der Waals surface area contributed by atoms with Crippen molar-refractivity contribution in [2.24, 2.45) is 0 Å². The maximum Gasteiger partial charge on any atom is 0.229 e. The van der Waals surface area contributed by atoms with Crippen LogP contribution in [-0.4, -0.2) is 39.8 Å². The van der Waals surface area contributed by atoms with E-state index in [1.54, 1.807) is 6.20 Å². The Balaban J connectivity index is 1.90. The Morgan fingerprint density at radius 1 is 1.28 bits per heavy atom. The molecule has 0 spiro atoms. The highest BCUT2D eigenvalue weighted by Crippen LogP contribution is 2.12. The number of rotatable bonds is 4. The number of aryl methyl sites for hydroxylation is 2. The van der Waals surface area contributed by atoms with E-state index in [1.165, 1.54) is 4.90 Å². The van der Waals surface area contributed by atoms with E-state index in [0.717, 1.165) is 11.4 Å². The van der Waals surface area contributed by atoms with Crippen LogP contribution < -0.4 is 5.32 Å². The van der Waals surface area contributed by atoms with Crippen LogP contribution in [0.25, 0.3) is 0 Å². The first-order valence-corrected chi connectivity index (χ1v) is 5.95. The van der Waals surface area contributed by atoms with Crippen molar-refractivity contribution in [3.63, 3.8) is 0 Å². The van der Waals surface area contributed by atoms with Gasteiger partial charge in [-0.1, -0.05) is 0 Å². The molecule has 1 aliphatic heterocycles. The number of carbonyl (C=O) groups excluding carboxylic acids is 2. The average Bonchev–Trinajstić information content (AvgIpc) is 2.65. The van der Waals surface area contributed by atoms with E-state index in [-0.39, 0.29) is 11.8 Å². The van der Waals surface area contributed by atoms with Gasteiger partial charge in [-0.3, -0.25) is 19.5 Å². The Morgan fingerprint density at radius 3 is 2.61 bits per heavy atom. The van der Waals surface area contributed by atoms with Crippen molar-refractivity contribution >= 4 is 17.6 Å². The summed E-state index contributed by atoms with van der Waals surface area (Å²) in [6.07, 6.45) is 2.37. The van der Waals surface area contributed by atoms with Crippen molar-refractivity contribution in [3.8, 4) is 0 Å². The van der Waals surface area contributed by atoms with Gasteiger partial charge in [-0.05, 0) is 13.8 Å². The van der Waals surface area contributed by atoms with Gasteiger partial charge in [0.1, 0.15) is 5.82 Å². The Bertz CT molecular complexity index is 471. The number of likely N-dealkylation sites (tertiary alicyclic amines) is 1. The summed E-state index contributed by atoms with van der Waals surface area (Å²) in [4.78, 5) is 32.6. The van der Waals surface area contributed by atoms with Crippen molar-refractivity contribution in [1.82, 2.24) is 14.9 Å². The number of hydrogen-bond acceptors (Lipinski definition) is 5. The van der Waals surface area contributed by atoms with Crippen LogP contribution in [0.5, 0.6) is 0 Å². The zero-order valence-electron chi connectivity index (χ0n) is 10.6. The normalized spacial score (nSPS) is 15.3. The van der Waals surface area contributed by atoms with Crippen LogP contribution in [0.3, 0.4) is 0 Å². The molecule has 1 saturated heterocycles. The van der Waals surface area contributed by atoms with Crippen molar-refractivity contribution in [2.75, 3.05) is 18.4 Å². The van der Waals surface area contributed by atoms with Crippen LogP contribution in [0.4, 0.5) is 5.82 Å². The van der Waals surface area contributed by atoms with Gasteiger partial charge >= 0.3 is 0 Å². The van der Waals surface area contributed by atoms with Crippen molar-refractivity contribution in [3.05, 3.63) is 17.6 Å². The largest absolute Gasteiger partial charge is 0.367 e. The first-order chi connectivity index (χ1) is 8.58. The average molecular weight is 248 g/mol. The summed E-state index contributed by atoms with van der Waals surface area (Å²) in [6.45, 7) is 4.61. The van der Waals surface area contributed by atoms with E-state index < -0.39 is 0 Å². The van der Waals surface area contributed by atoms with E-state index in [2.05, 4.69) is 15.3 Å². The Morgan fingerprint density at radius 2 is 1.94 bits per heavy atom. The smallest absolute Gasteiger partial charge is 0.229 e. The van der Waals surface area contributed by atoms with Gasteiger partial charge in [-0.25, -0.2) is 4.98 Å². The number of carbonyl (C=O) groups is 2. The van der Waals surface area contributed by atoms with Gasteiger partial charge in [-0.15, -0.1) is 0 Å². The highest BCUT2D eigenvalue weighted by molar-refractivity contribution is 6.01. The highest BCUT2D eigenvalue weighted by atomic mass is 16.2. The second kappa shape index (κ2) is 5.12. The summed E-state index contributed by atoms with van der Waals surface area (Å²) in [5, 5.41) is 3.10. The number of imide groups is 1. The molecule has 0 saturated carbocycles. The molecule has 1 N–H and O–H groups in total. The predicted molar refractivity (Wildman–Crippen MR) is 65.9 cm³/mol. The SMILES string of the molecule is Cc1cnc(C)c(NCCN2C(=O)CCC2=O)n1. The molecule has 0 unspecified atom stereocenters. The zero-order valence-corrected chi connectivity index (χ0v) is 10.6. The fraction of sp³-hybridized carbons (Fsp3) is 0.500. The third-order valence-electron chi connectivity index (χ3n) is 2.86. The maximum atomic E-state index is 11.4. The topological polar surface area (TPSA) is 75.2 Å². The molecule has 2 amide bonds. The van der Waals surface area contributed by atoms with E-state index >= 15 is 0 Å². The van der Waals surface area contributed by atoms with Gasteiger partial charge < -0.3 is 5.32 Å². The quantitative estimate of drug-likeness (QED) is 0.792. The van der Waals surface area contributed by atoms with Gasteiger partial charge in [0.25, 0.3) is 0 Å². The fourth-order valence-electron chi connectivity index (χ4n) is 1.86. The molecular weight excluding hydrogens is 232 g/mol. The van der Waals surface area contributed by atoms with Crippen molar-refractivity contribution < 1.29 is 9.59 Å². The summed E-state index contributed by atoms with van der Waals surface area (Å²) >= 11 is 0. The lowest BCUT2D eigenvalue weighted by Crippen LogP contribution is -2.33. The lowest BCUT2D eigenvalue weighted by molar-refractivity contribution is -0.138. The lowest BCUT2D eigenvalue weighted by atomic mass is 10.4. The van der Waals surface area contributed by atoms with Crippen LogP contribution >= 0.6 is 0 Å². The molecular formula is C12H16N4O2. The Hall–Kier alpha value is -1.98. The van der Waals surface area contributed by atoms with Crippen LogP contribution in [0, 0.1) is 13.8 Å². The predicted octanol–water partition coefficient (Wildman–Crippen LogP) is 0.654. The third-order valence-corrected chi connectivity index (χ3v) is 2.86. The first-order valence-electron chi connectivity index (χ1n) is 5.95. The summed E-state index contributed by atoms with van der Waals surface area (Å²) in [6, 6.07) is 0. The number of nitrogens with zero attached hydrogens (tertiary/aromatic N) is 3. The van der Waals surface area contributed by atoms with Crippen LogP contribution in [0.1, 0.15) is 24.2 Å². The minimum absolute atomic E-state index is 0.0890. The number of anilines is 1. The number of nitrogens with one attached hydrogen (secondary N) is 1. The molecule has 0 atom stereocenters. The third kappa shape index (κ3) is 2.64. The van der Waals surface area contributed by atoms with Crippen LogP contribution in [0.2, 0.25) is 0 Å². The molecule has 18 heavy (non-hydrogen) atoms. The molecule has 6 heteroatoms. The Kier molecular flexibility index (Phi) is 3.55. The molecule has 0 radical (unpaired) electrons. The minimum Gasteiger partial charge on any atom is -0.367 e. The molecule has 1 fully saturated rings. The highest BCUT2D eigenvalue weighted by Gasteiger charge is 2.28. The molecule has 0 aliphatic carbocycles. The van der Waals surface area contributed by atoms with Gasteiger partial charge in [0.2, 0.25) is 11.8 Å². The molecule has 1 aromatic rings. The Labute approximate surface area is 105 Å². The van der Waals surface area contributed by atoms with Crippen molar-refractivity contribution in [1.29, 1.82) is 0 Å². The maximum absolute atomic E-state index is 11.4. The summed E-state index contributed by atoms with van der Waals surface area (Å²) in [5.74, 6) is 0.525. The zero-order chi connectivity index (χ0) is 13.1. The lowest BCUT2D eigenvalue weighted by Gasteiger charge is -2.15. The minimum atomic E-state index is -0.0890. The number of amides is 2. The first kappa shape index (κ1) is 12.5. The number of hydrogen-bond donors (Lipinski definition) is 1. The van der Waals surface area contributed by atoms with E-state index in [9.17, 15) is 9.59 Å². The molecule has 2 heterocycles. The summed E-state index contributed by atoms with van der Waals surface area (Å²) < 4.78 is 0. The standard InChI is InChI=1S/C12H16N4O2/c1-8-7-14-9(2)12(15-8)13-5-6-16-10(17)3-4-11(16)18/h7H,3-6H2,1-2H3,(H,13,15). The van der Waals surface area contributed by atoms with E-state index in [1.807, 2.05) is 13.8 Å². The molecule has 0 aromatic carbocycles. The molecule has 6 nitrogen and oxygen atoms in total. The molecule has 1 aliphatic rings. The summed E-state index contributed by atoms with van der Waals surface area (Å²) in [7, 11) is 0. The van der Waals surface area contributed by atoms with E-state index in [4.69, 9.17) is 0 Å². The molecule has 2 rings (SSSR count). The van der Waals surface area contributed by atoms with Crippen molar-refractivity contribution in [2.45, 2.75) is 26.7 Å². The van der Waals surface area contributed by atoms with Crippen LogP contribution in [0.15, 0.2) is 6.20 Å². The number of aromatic nitrogens is 2. The molecule has 96 valence electrons. The fourth-order valence-corrected chi connectivity index (χ4v) is 1.86. The van der Waals surface area contributed by atoms with Crippen LogP contribution in [-0.2, 0) is 9.59 Å². The van der Waals surface area contributed by atoms with E-state index in [0.29, 0.717) is 31.7 Å². The van der Waals surface area contributed by atoms with Gasteiger partial charge in [0, 0.05) is 32.1 Å². The van der Waals surface area contributed by atoms with Gasteiger partial charge in [-0.2, -0.15) is 0 Å². The molecule has 1 aromatic heterocycles. The second-order valence-corrected chi connectivity index (χ2v) is 4.31.